The lowest BCUT2D eigenvalue weighted by molar-refractivity contribution is 0.318. The van der Waals surface area contributed by atoms with Crippen molar-refractivity contribution in [2.75, 3.05) is 19.0 Å². The van der Waals surface area contributed by atoms with Crippen molar-refractivity contribution >= 4 is 11.8 Å². The summed E-state index contributed by atoms with van der Waals surface area (Å²) in [5, 5.41) is 16.0. The molecule has 0 saturated carbocycles. The molecule has 0 saturated heterocycles. The van der Waals surface area contributed by atoms with Crippen LogP contribution in [-0.4, -0.2) is 39.9 Å². The molecule has 0 spiro atoms. The maximum absolute atomic E-state index is 8.64. The predicted molar refractivity (Wildman–Crippen MR) is 77.1 cm³/mol. The number of hydrogen-bond acceptors (Lipinski definition) is 5. The van der Waals surface area contributed by atoms with E-state index in [1.165, 1.54) is 0 Å². The van der Waals surface area contributed by atoms with Crippen molar-refractivity contribution in [1.82, 2.24) is 14.8 Å². The van der Waals surface area contributed by atoms with Crippen LogP contribution in [0.4, 0.5) is 5.95 Å². The summed E-state index contributed by atoms with van der Waals surface area (Å²) >= 11 is 0. The molecule has 1 aromatic carbocycles. The van der Waals surface area contributed by atoms with Gasteiger partial charge in [-0.25, -0.2) is 9.67 Å². The molecule has 1 heterocycles. The summed E-state index contributed by atoms with van der Waals surface area (Å²) in [7, 11) is 3.80. The maximum Gasteiger partial charge on any atom is 0.244 e. The molecule has 2 rings (SSSR count). The van der Waals surface area contributed by atoms with Crippen LogP contribution in [0.3, 0.4) is 0 Å². The minimum atomic E-state index is 0.0533. The molecule has 3 N–H and O–H groups in total. The van der Waals surface area contributed by atoms with Gasteiger partial charge in [0.25, 0.3) is 0 Å². The fourth-order valence-electron chi connectivity index (χ4n) is 1.80. The fraction of sp³-hybridized carbons (Fsp3) is 0.308. The van der Waals surface area contributed by atoms with Crippen LogP contribution in [0.25, 0.3) is 0 Å². The molecule has 0 amide bonds. The highest BCUT2D eigenvalue weighted by atomic mass is 16.4. The highest BCUT2D eigenvalue weighted by Gasteiger charge is 2.11. The fourth-order valence-corrected chi connectivity index (χ4v) is 1.80. The first-order valence-corrected chi connectivity index (χ1v) is 6.19. The molecule has 1 aromatic heterocycles. The van der Waals surface area contributed by atoms with Gasteiger partial charge in [-0.15, -0.1) is 5.10 Å². The topological polar surface area (TPSA) is 92.6 Å². The van der Waals surface area contributed by atoms with E-state index in [2.05, 4.69) is 15.2 Å². The Hall–Kier alpha value is -2.57. The second-order valence-corrected chi connectivity index (χ2v) is 4.70. The van der Waals surface area contributed by atoms with Gasteiger partial charge in [-0.05, 0) is 12.5 Å². The van der Waals surface area contributed by atoms with E-state index in [-0.39, 0.29) is 11.9 Å². The number of aromatic nitrogens is 3. The Balaban J connectivity index is 2.22. The molecule has 7 heteroatoms. The monoisotopic (exact) mass is 274 g/mol. The molecule has 2 aromatic rings. The zero-order valence-electron chi connectivity index (χ0n) is 11.7. The summed E-state index contributed by atoms with van der Waals surface area (Å²) in [5.74, 6) is 0.769. The van der Waals surface area contributed by atoms with Gasteiger partial charge in [0.15, 0.2) is 5.84 Å². The number of anilines is 1. The molecule has 7 nitrogen and oxygen atoms in total. The van der Waals surface area contributed by atoms with E-state index in [1.807, 2.05) is 50.2 Å². The molecule has 0 bridgehead atoms. The third kappa shape index (κ3) is 2.71. The third-order valence-corrected chi connectivity index (χ3v) is 3.09. The van der Waals surface area contributed by atoms with Crippen LogP contribution in [0.15, 0.2) is 35.7 Å². The number of hydrogen-bond donors (Lipinski definition) is 2. The van der Waals surface area contributed by atoms with E-state index in [4.69, 9.17) is 10.9 Å². The van der Waals surface area contributed by atoms with Gasteiger partial charge in [-0.3, -0.25) is 0 Å². The maximum atomic E-state index is 8.64. The third-order valence-electron chi connectivity index (χ3n) is 3.09. The Morgan fingerprint density at radius 3 is 2.50 bits per heavy atom. The number of nitrogens with two attached hydrogens (primary N) is 1. The second kappa shape index (κ2) is 5.60. The first-order chi connectivity index (χ1) is 9.52. The van der Waals surface area contributed by atoms with Crippen molar-refractivity contribution in [1.29, 1.82) is 0 Å². The molecule has 106 valence electrons. The van der Waals surface area contributed by atoms with Gasteiger partial charge in [0, 0.05) is 19.7 Å². The van der Waals surface area contributed by atoms with Gasteiger partial charge in [-0.1, -0.05) is 29.4 Å². The van der Waals surface area contributed by atoms with Crippen molar-refractivity contribution in [2.45, 2.75) is 13.0 Å². The molecular formula is C13H18N6O. The Morgan fingerprint density at radius 1 is 1.35 bits per heavy atom. The van der Waals surface area contributed by atoms with E-state index in [9.17, 15) is 0 Å². The van der Waals surface area contributed by atoms with Gasteiger partial charge in [0.2, 0.25) is 5.95 Å². The second-order valence-electron chi connectivity index (χ2n) is 4.70. The average molecular weight is 274 g/mol. The van der Waals surface area contributed by atoms with E-state index < -0.39 is 0 Å². The van der Waals surface area contributed by atoms with Crippen LogP contribution in [0.2, 0.25) is 0 Å². The molecule has 0 fully saturated rings. The normalized spacial score (nSPS) is 13.2. The van der Waals surface area contributed by atoms with Crippen LogP contribution in [0.5, 0.6) is 0 Å². The average Bonchev–Trinajstić information content (AvgIpc) is 2.96. The van der Waals surface area contributed by atoms with E-state index in [0.29, 0.717) is 11.5 Å². The first-order valence-electron chi connectivity index (χ1n) is 6.19. The van der Waals surface area contributed by atoms with Gasteiger partial charge >= 0.3 is 0 Å². The van der Waals surface area contributed by atoms with Crippen molar-refractivity contribution in [3.05, 3.63) is 41.7 Å². The molecule has 0 aliphatic carbocycles. The number of benzene rings is 1. The van der Waals surface area contributed by atoms with Crippen molar-refractivity contribution in [3.8, 4) is 0 Å². The van der Waals surface area contributed by atoms with Gasteiger partial charge < -0.3 is 15.8 Å². The Bertz CT molecular complexity index is 602. The van der Waals surface area contributed by atoms with Crippen LogP contribution in [0, 0.1) is 0 Å². The van der Waals surface area contributed by atoms with E-state index >= 15 is 0 Å². The summed E-state index contributed by atoms with van der Waals surface area (Å²) in [5.41, 5.74) is 7.28. The van der Waals surface area contributed by atoms with Gasteiger partial charge in [0.1, 0.15) is 6.33 Å². The smallest absolute Gasteiger partial charge is 0.244 e. The molecule has 20 heavy (non-hydrogen) atoms. The van der Waals surface area contributed by atoms with Gasteiger partial charge in [0.05, 0.1) is 6.04 Å². The van der Waals surface area contributed by atoms with Crippen LogP contribution >= 0.6 is 0 Å². The minimum Gasteiger partial charge on any atom is -0.409 e. The predicted octanol–water partition coefficient (Wildman–Crippen LogP) is 1.05. The van der Waals surface area contributed by atoms with E-state index in [1.54, 1.807) is 11.0 Å². The molecule has 0 aliphatic heterocycles. The zero-order valence-corrected chi connectivity index (χ0v) is 11.7. The van der Waals surface area contributed by atoms with Crippen LogP contribution < -0.4 is 10.6 Å². The number of nitrogens with zero attached hydrogens (tertiary/aromatic N) is 5. The number of amidine groups is 1. The van der Waals surface area contributed by atoms with Crippen molar-refractivity contribution in [2.24, 2.45) is 10.9 Å². The Labute approximate surface area is 117 Å². The van der Waals surface area contributed by atoms with Crippen molar-refractivity contribution in [3.63, 3.8) is 0 Å². The summed E-state index contributed by atoms with van der Waals surface area (Å²) < 4.78 is 1.80. The zero-order chi connectivity index (χ0) is 14.7. The van der Waals surface area contributed by atoms with Crippen molar-refractivity contribution < 1.29 is 5.21 Å². The standard InChI is InChI=1S/C13H18N6O/c1-9(19-8-15-13(16-19)18(2)3)10-4-6-11(7-5-10)12(14)17-20/h4-9,20H,1-3H3,(H2,14,17). The molecule has 1 atom stereocenters. The summed E-state index contributed by atoms with van der Waals surface area (Å²) in [6.45, 7) is 2.03. The lowest BCUT2D eigenvalue weighted by atomic mass is 10.1. The Kier molecular flexibility index (Phi) is 3.88. The number of rotatable bonds is 4. The van der Waals surface area contributed by atoms with Gasteiger partial charge in [-0.2, -0.15) is 0 Å². The van der Waals surface area contributed by atoms with Crippen LogP contribution in [-0.2, 0) is 0 Å². The molecule has 0 aliphatic rings. The highest BCUT2D eigenvalue weighted by Crippen LogP contribution is 2.18. The quantitative estimate of drug-likeness (QED) is 0.376. The molecule has 1 unspecified atom stereocenters. The molecule has 0 radical (unpaired) electrons. The number of oxime groups is 1. The minimum absolute atomic E-state index is 0.0533. The lowest BCUT2D eigenvalue weighted by Crippen LogP contribution is -2.14. The van der Waals surface area contributed by atoms with Crippen LogP contribution in [0.1, 0.15) is 24.1 Å². The first kappa shape index (κ1) is 13.9. The molecular weight excluding hydrogens is 256 g/mol. The largest absolute Gasteiger partial charge is 0.409 e. The summed E-state index contributed by atoms with van der Waals surface area (Å²) in [6, 6.07) is 7.52. The lowest BCUT2D eigenvalue weighted by Gasteiger charge is -2.13. The SMILES string of the molecule is CC(c1ccc(C(N)=NO)cc1)n1cnc(N(C)C)n1. The summed E-state index contributed by atoms with van der Waals surface area (Å²) in [6.07, 6.45) is 1.71. The highest BCUT2D eigenvalue weighted by molar-refractivity contribution is 5.96. The van der Waals surface area contributed by atoms with E-state index in [0.717, 1.165) is 5.56 Å². The summed E-state index contributed by atoms with van der Waals surface area (Å²) in [4.78, 5) is 6.08. The Morgan fingerprint density at radius 2 is 2.00 bits per heavy atom.